The number of aryl methyl sites for hydroxylation is 1. The van der Waals surface area contributed by atoms with Crippen molar-refractivity contribution in [1.82, 2.24) is 9.13 Å². The summed E-state index contributed by atoms with van der Waals surface area (Å²) in [5.74, 6) is -0.00560. The van der Waals surface area contributed by atoms with E-state index in [9.17, 15) is 18.8 Å². The second-order valence-electron chi connectivity index (χ2n) is 11.5. The van der Waals surface area contributed by atoms with Gasteiger partial charge in [-0.1, -0.05) is 0 Å². The minimum atomic E-state index is -0.865. The Kier molecular flexibility index (Phi) is 7.67. The lowest BCUT2D eigenvalue weighted by molar-refractivity contribution is 0.102. The van der Waals surface area contributed by atoms with Gasteiger partial charge in [-0.15, -0.1) is 0 Å². The van der Waals surface area contributed by atoms with E-state index in [2.05, 4.69) is 10.3 Å². The average Bonchev–Trinajstić information content (AvgIpc) is 3.88. The monoisotopic (exact) mass is 632 g/mol. The number of benzene rings is 2. The minimum Gasteiger partial charge on any atom is -0.489 e. The maximum absolute atomic E-state index is 15.4. The molecule has 0 radical (unpaired) electrons. The van der Waals surface area contributed by atoms with Crippen molar-refractivity contribution < 1.29 is 32.5 Å². The van der Waals surface area contributed by atoms with Crippen LogP contribution in [0.15, 0.2) is 63.0 Å². The zero-order chi connectivity index (χ0) is 31.9. The molecule has 7 rings (SSSR count). The summed E-state index contributed by atoms with van der Waals surface area (Å²) >= 11 is 0. The average molecular weight is 633 g/mol. The third-order valence-corrected chi connectivity index (χ3v) is 8.15. The predicted molar refractivity (Wildman–Crippen MR) is 165 cm³/mol. The van der Waals surface area contributed by atoms with Crippen LogP contribution in [0.1, 0.15) is 54.1 Å². The number of amides is 1. The predicted octanol–water partition coefficient (Wildman–Crippen LogP) is 5.21. The van der Waals surface area contributed by atoms with Crippen molar-refractivity contribution in [3.63, 3.8) is 0 Å². The molecular weight excluding hydrogens is 602 g/mol. The summed E-state index contributed by atoms with van der Waals surface area (Å²) in [4.78, 5) is 43.6. The number of aliphatic imine (C=N–C) groups is 1. The van der Waals surface area contributed by atoms with Crippen LogP contribution in [-0.2, 0) is 7.05 Å². The van der Waals surface area contributed by atoms with E-state index < -0.39 is 29.1 Å². The lowest BCUT2D eigenvalue weighted by atomic mass is 9.99. The molecule has 1 N–H and O–H groups in total. The number of anilines is 1. The summed E-state index contributed by atoms with van der Waals surface area (Å²) in [5, 5.41) is 2.52. The first kappa shape index (κ1) is 29.5. The molecule has 0 saturated heterocycles. The van der Waals surface area contributed by atoms with E-state index in [0.29, 0.717) is 60.7 Å². The fourth-order valence-corrected chi connectivity index (χ4v) is 5.57. The lowest BCUT2D eigenvalue weighted by Gasteiger charge is -2.29. The Morgan fingerprint density at radius 2 is 1.87 bits per heavy atom. The van der Waals surface area contributed by atoms with Crippen molar-refractivity contribution in [2.24, 2.45) is 18.0 Å². The molecule has 1 amide bonds. The molecule has 4 aliphatic rings. The van der Waals surface area contributed by atoms with Gasteiger partial charge in [0.2, 0.25) is 5.75 Å². The van der Waals surface area contributed by atoms with Gasteiger partial charge >= 0.3 is 5.69 Å². The molecule has 0 bridgehead atoms. The number of aromatic nitrogens is 2. The fraction of sp³-hybridized carbons (Fsp3) is 0.333. The van der Waals surface area contributed by atoms with E-state index in [1.807, 2.05) is 0 Å². The lowest BCUT2D eigenvalue weighted by Crippen LogP contribution is -2.42. The molecule has 46 heavy (non-hydrogen) atoms. The van der Waals surface area contributed by atoms with Crippen LogP contribution in [0.3, 0.4) is 0 Å². The number of hydrogen-bond donors (Lipinski definition) is 1. The molecule has 2 aliphatic heterocycles. The molecular formula is C33H30F2N4O7. The van der Waals surface area contributed by atoms with E-state index in [1.165, 1.54) is 31.3 Å². The van der Waals surface area contributed by atoms with E-state index >= 15 is 4.39 Å². The van der Waals surface area contributed by atoms with Crippen molar-refractivity contribution in [3.8, 4) is 23.0 Å². The molecule has 1 fully saturated rings. The minimum absolute atomic E-state index is 0.0316. The van der Waals surface area contributed by atoms with Gasteiger partial charge in [-0.3, -0.25) is 14.6 Å². The van der Waals surface area contributed by atoms with Crippen LogP contribution in [0.5, 0.6) is 23.0 Å². The smallest absolute Gasteiger partial charge is 0.335 e. The van der Waals surface area contributed by atoms with Gasteiger partial charge in [0.15, 0.2) is 23.1 Å². The molecule has 2 aliphatic carbocycles. The number of allylic oxidation sites excluding steroid dienone is 4. The SMILES string of the molecule is Cn1cc(C(=O)Nc2ccc(OC3CC=Nc4cc(OCC5CC5)c5c(c43)OCCO5)c(F)c2)c(=O)n(C2=CC=C(F)CC2)c1=O. The van der Waals surface area contributed by atoms with Crippen LogP contribution < -0.4 is 35.5 Å². The Balaban J connectivity index is 1.12. The van der Waals surface area contributed by atoms with Crippen molar-refractivity contribution in [1.29, 1.82) is 0 Å². The maximum atomic E-state index is 15.4. The molecule has 3 heterocycles. The quantitative estimate of drug-likeness (QED) is 0.362. The highest BCUT2D eigenvalue weighted by atomic mass is 19.1. The molecule has 238 valence electrons. The molecule has 1 saturated carbocycles. The van der Waals surface area contributed by atoms with Gasteiger partial charge in [0.25, 0.3) is 11.5 Å². The standard InChI is InChI=1S/C33H30F2N4O7/c1-38-16-22(32(41)39(33(38)42)21-7-4-19(34)5-8-21)31(40)37-20-6-9-25(23(35)14-20)46-26-10-11-36-24-15-27(45-17-18-2-3-18)29-30(28(24)26)44-13-12-43-29/h4,6-7,9,11,14-16,18,26H,2-3,5,8,10,12-13,17H2,1H3,(H,37,40). The highest BCUT2D eigenvalue weighted by molar-refractivity contribution is 6.04. The van der Waals surface area contributed by atoms with E-state index in [0.717, 1.165) is 34.2 Å². The number of nitrogens with zero attached hydrogens (tertiary/aromatic N) is 3. The molecule has 1 aromatic heterocycles. The highest BCUT2D eigenvalue weighted by Crippen LogP contribution is 2.52. The van der Waals surface area contributed by atoms with Crippen molar-refractivity contribution in [2.75, 3.05) is 25.1 Å². The fourth-order valence-electron chi connectivity index (χ4n) is 5.57. The van der Waals surface area contributed by atoms with Gasteiger partial charge in [-0.25, -0.2) is 18.1 Å². The maximum Gasteiger partial charge on any atom is 0.335 e. The van der Waals surface area contributed by atoms with Gasteiger partial charge in [-0.05, 0) is 49.5 Å². The van der Waals surface area contributed by atoms with Crippen LogP contribution in [0, 0.1) is 11.7 Å². The summed E-state index contributed by atoms with van der Waals surface area (Å²) in [5.41, 5.74) is -0.336. The Hall–Kier alpha value is -5.20. The van der Waals surface area contributed by atoms with Crippen molar-refractivity contribution in [3.05, 3.63) is 86.2 Å². The third kappa shape index (κ3) is 5.68. The molecule has 1 unspecified atom stereocenters. The Morgan fingerprint density at radius 1 is 1.07 bits per heavy atom. The summed E-state index contributed by atoms with van der Waals surface area (Å²) in [6.07, 6.45) is 7.45. The first-order valence-electron chi connectivity index (χ1n) is 15.0. The number of carbonyl (C=O) groups excluding carboxylic acids is 1. The number of halogens is 2. The van der Waals surface area contributed by atoms with Crippen LogP contribution in [0.2, 0.25) is 0 Å². The summed E-state index contributed by atoms with van der Waals surface area (Å²) < 4.78 is 54.9. The molecule has 13 heteroatoms. The van der Waals surface area contributed by atoms with Crippen LogP contribution in [0.25, 0.3) is 5.70 Å². The first-order valence-corrected chi connectivity index (χ1v) is 15.0. The third-order valence-electron chi connectivity index (χ3n) is 8.15. The number of ether oxygens (including phenoxy) is 4. The molecule has 2 aromatic carbocycles. The summed E-state index contributed by atoms with van der Waals surface area (Å²) in [7, 11) is 1.39. The van der Waals surface area contributed by atoms with E-state index in [-0.39, 0.29) is 41.4 Å². The van der Waals surface area contributed by atoms with Gasteiger partial charge in [0.1, 0.15) is 30.7 Å². The molecule has 0 spiro atoms. The van der Waals surface area contributed by atoms with Gasteiger partial charge in [-0.2, -0.15) is 0 Å². The topological polar surface area (TPSA) is 122 Å². The number of carbonyl (C=O) groups is 1. The molecule has 11 nitrogen and oxygen atoms in total. The van der Waals surface area contributed by atoms with Crippen molar-refractivity contribution >= 4 is 29.2 Å². The number of hydrogen-bond acceptors (Lipinski definition) is 8. The van der Waals surface area contributed by atoms with Gasteiger partial charge < -0.3 is 28.8 Å². The largest absolute Gasteiger partial charge is 0.489 e. The second kappa shape index (κ2) is 12.0. The Morgan fingerprint density at radius 3 is 2.61 bits per heavy atom. The Bertz CT molecular complexity index is 1960. The molecule has 1 atom stereocenters. The summed E-state index contributed by atoms with van der Waals surface area (Å²) in [6.45, 7) is 1.28. The first-order chi connectivity index (χ1) is 22.3. The Labute approximate surface area is 261 Å². The van der Waals surface area contributed by atoms with Gasteiger partial charge in [0, 0.05) is 55.8 Å². The highest BCUT2D eigenvalue weighted by Gasteiger charge is 2.33. The second-order valence-corrected chi connectivity index (χ2v) is 11.5. The number of fused-ring (bicyclic) bond motifs is 3. The number of rotatable bonds is 8. The summed E-state index contributed by atoms with van der Waals surface area (Å²) in [6, 6.07) is 5.68. The van der Waals surface area contributed by atoms with Crippen LogP contribution in [-0.4, -0.2) is 41.1 Å². The van der Waals surface area contributed by atoms with Crippen molar-refractivity contribution in [2.45, 2.75) is 38.2 Å². The van der Waals surface area contributed by atoms with Crippen LogP contribution >= 0.6 is 0 Å². The van der Waals surface area contributed by atoms with Gasteiger partial charge in [0.05, 0.1) is 17.9 Å². The van der Waals surface area contributed by atoms with E-state index in [1.54, 1.807) is 12.3 Å². The normalized spacial score (nSPS) is 18.3. The zero-order valence-corrected chi connectivity index (χ0v) is 24.9. The zero-order valence-electron chi connectivity index (χ0n) is 24.9. The molecule has 3 aromatic rings. The van der Waals surface area contributed by atoms with E-state index in [4.69, 9.17) is 18.9 Å². The number of nitrogens with one attached hydrogen (secondary N) is 1. The van der Waals surface area contributed by atoms with Crippen LogP contribution in [0.4, 0.5) is 20.2 Å².